The Kier molecular flexibility index (Phi) is 8.28. The minimum Gasteiger partial charge on any atom is -0.490 e. The molecule has 2 aliphatic rings. The number of carbonyl (C=O) groups is 1. The summed E-state index contributed by atoms with van der Waals surface area (Å²) in [6.45, 7) is 6.39. The normalized spacial score (nSPS) is 19.0. The van der Waals surface area contributed by atoms with Crippen molar-refractivity contribution in [1.82, 2.24) is 13.9 Å². The van der Waals surface area contributed by atoms with Crippen LogP contribution >= 0.6 is 23.2 Å². The summed E-state index contributed by atoms with van der Waals surface area (Å²) < 4.78 is 35.3. The largest absolute Gasteiger partial charge is 0.490 e. The van der Waals surface area contributed by atoms with E-state index in [0.29, 0.717) is 34.7 Å². The van der Waals surface area contributed by atoms with E-state index in [1.165, 1.54) is 4.31 Å². The third-order valence-electron chi connectivity index (χ3n) is 6.87. The van der Waals surface area contributed by atoms with E-state index in [4.69, 9.17) is 27.9 Å². The lowest BCUT2D eigenvalue weighted by atomic mass is 10.00. The van der Waals surface area contributed by atoms with Crippen LogP contribution in [0.5, 0.6) is 5.75 Å². The van der Waals surface area contributed by atoms with Crippen molar-refractivity contribution in [3.8, 4) is 5.75 Å². The van der Waals surface area contributed by atoms with Crippen LogP contribution in [0.4, 0.5) is 0 Å². The van der Waals surface area contributed by atoms with Crippen LogP contribution in [0, 0.1) is 13.8 Å². The number of hydrogen-bond acceptors (Lipinski definition) is 5. The van der Waals surface area contributed by atoms with Crippen LogP contribution in [-0.4, -0.2) is 61.9 Å². The third kappa shape index (κ3) is 6.30. The smallest absolute Gasteiger partial charge is 0.304 e. The first-order valence-electron chi connectivity index (χ1n) is 11.9. The number of nitrogens with zero attached hydrogens (tertiary/aromatic N) is 2. The molecule has 0 radical (unpaired) electrons. The molecule has 0 saturated carbocycles. The summed E-state index contributed by atoms with van der Waals surface area (Å²) in [6.07, 6.45) is 3.36. The molecule has 10 heteroatoms. The van der Waals surface area contributed by atoms with Crippen molar-refractivity contribution < 1.29 is 17.9 Å². The molecule has 2 aromatic carbocycles. The summed E-state index contributed by atoms with van der Waals surface area (Å²) in [4.78, 5) is 14.8. The molecule has 7 nitrogen and oxygen atoms in total. The predicted octanol–water partition coefficient (Wildman–Crippen LogP) is 4.59. The number of aryl methyl sites for hydroxylation is 1. The highest BCUT2D eigenvalue weighted by Gasteiger charge is 2.33. The zero-order valence-electron chi connectivity index (χ0n) is 20.0. The molecule has 4 rings (SSSR count). The van der Waals surface area contributed by atoms with Gasteiger partial charge in [0.05, 0.1) is 10.0 Å². The molecule has 1 amide bonds. The molecule has 0 aliphatic carbocycles. The number of ether oxygens (including phenoxy) is 1. The van der Waals surface area contributed by atoms with Crippen molar-refractivity contribution in [2.75, 3.05) is 26.2 Å². The minimum atomic E-state index is -3.87. The van der Waals surface area contributed by atoms with Gasteiger partial charge in [-0.25, -0.2) is 4.72 Å². The molecule has 0 atom stereocenters. The van der Waals surface area contributed by atoms with E-state index in [0.717, 1.165) is 55.6 Å². The third-order valence-corrected chi connectivity index (χ3v) is 9.26. The van der Waals surface area contributed by atoms with Crippen LogP contribution in [0.15, 0.2) is 36.4 Å². The van der Waals surface area contributed by atoms with Crippen LogP contribution in [0.25, 0.3) is 0 Å². The maximum Gasteiger partial charge on any atom is 0.304 e. The Balaban J connectivity index is 1.25. The van der Waals surface area contributed by atoms with Crippen molar-refractivity contribution in [3.63, 3.8) is 0 Å². The Bertz CT molecular complexity index is 1160. The van der Waals surface area contributed by atoms with Gasteiger partial charge in [0.1, 0.15) is 11.9 Å². The van der Waals surface area contributed by atoms with Gasteiger partial charge in [-0.3, -0.25) is 4.79 Å². The van der Waals surface area contributed by atoms with Gasteiger partial charge in [0.2, 0.25) is 0 Å². The Labute approximate surface area is 217 Å². The summed E-state index contributed by atoms with van der Waals surface area (Å²) in [5.74, 6) is 0.162. The summed E-state index contributed by atoms with van der Waals surface area (Å²) in [5, 5.41) is 1.05. The summed E-state index contributed by atoms with van der Waals surface area (Å²) in [5.41, 5.74) is 2.19. The Morgan fingerprint density at radius 1 is 0.943 bits per heavy atom. The number of piperidine rings is 2. The monoisotopic (exact) mass is 539 g/mol. The standard InChI is InChI=1S/C25H31Cl2N3O4S/c1-17-3-5-19(6-4-17)25(31)28-35(32,33)30-15-9-20(10-16-30)29-13-11-21(12-14-29)34-23-8-7-22(26)24(27)18(23)2/h3-8,20-21H,9-16H2,1-2H3,(H,28,31). The minimum absolute atomic E-state index is 0.111. The quantitative estimate of drug-likeness (QED) is 0.580. The molecule has 2 saturated heterocycles. The highest BCUT2D eigenvalue weighted by molar-refractivity contribution is 7.87. The summed E-state index contributed by atoms with van der Waals surface area (Å²) in [7, 11) is -3.87. The van der Waals surface area contributed by atoms with Crippen molar-refractivity contribution in [2.45, 2.75) is 51.7 Å². The van der Waals surface area contributed by atoms with Gasteiger partial charge < -0.3 is 9.64 Å². The van der Waals surface area contributed by atoms with Crippen molar-refractivity contribution in [1.29, 1.82) is 0 Å². The number of nitrogens with one attached hydrogen (secondary N) is 1. The molecule has 0 bridgehead atoms. The molecule has 0 aromatic heterocycles. The van der Waals surface area contributed by atoms with Gasteiger partial charge in [0, 0.05) is 43.3 Å². The van der Waals surface area contributed by atoms with E-state index in [1.54, 1.807) is 30.3 Å². The average molecular weight is 541 g/mol. The molecule has 0 unspecified atom stereocenters. The van der Waals surface area contributed by atoms with E-state index in [1.807, 2.05) is 19.9 Å². The van der Waals surface area contributed by atoms with Crippen LogP contribution in [0.1, 0.15) is 47.2 Å². The Morgan fingerprint density at radius 2 is 1.57 bits per heavy atom. The van der Waals surface area contributed by atoms with Gasteiger partial charge in [0.15, 0.2) is 0 Å². The maximum atomic E-state index is 12.8. The second-order valence-corrected chi connectivity index (χ2v) is 11.7. The van der Waals surface area contributed by atoms with Crippen LogP contribution in [-0.2, 0) is 10.2 Å². The fraction of sp³-hybridized carbons (Fsp3) is 0.480. The van der Waals surface area contributed by atoms with E-state index in [9.17, 15) is 13.2 Å². The lowest BCUT2D eigenvalue weighted by molar-refractivity contribution is 0.0581. The molecule has 35 heavy (non-hydrogen) atoms. The van der Waals surface area contributed by atoms with Gasteiger partial charge in [0.25, 0.3) is 5.91 Å². The van der Waals surface area contributed by atoms with Crippen molar-refractivity contribution in [2.24, 2.45) is 0 Å². The molecular weight excluding hydrogens is 509 g/mol. The van der Waals surface area contributed by atoms with E-state index < -0.39 is 16.1 Å². The molecule has 2 fully saturated rings. The van der Waals surface area contributed by atoms with Gasteiger partial charge in [-0.15, -0.1) is 0 Å². The number of halogens is 2. The molecule has 1 N–H and O–H groups in total. The number of rotatable bonds is 6. The molecule has 2 aromatic rings. The van der Waals surface area contributed by atoms with Gasteiger partial charge in [-0.05, 0) is 63.8 Å². The van der Waals surface area contributed by atoms with Gasteiger partial charge in [-0.2, -0.15) is 12.7 Å². The highest BCUT2D eigenvalue weighted by Crippen LogP contribution is 2.34. The number of carbonyl (C=O) groups excluding carboxylic acids is 1. The van der Waals surface area contributed by atoms with Crippen LogP contribution in [0.3, 0.4) is 0 Å². The second-order valence-electron chi connectivity index (χ2n) is 9.27. The zero-order valence-corrected chi connectivity index (χ0v) is 22.3. The zero-order chi connectivity index (χ0) is 25.2. The predicted molar refractivity (Wildman–Crippen MR) is 139 cm³/mol. The Morgan fingerprint density at radius 3 is 2.20 bits per heavy atom. The topological polar surface area (TPSA) is 79.0 Å². The summed E-state index contributed by atoms with van der Waals surface area (Å²) in [6, 6.07) is 10.8. The first kappa shape index (κ1) is 26.2. The lowest BCUT2D eigenvalue weighted by Crippen LogP contribution is -2.52. The number of hydrogen-bond donors (Lipinski definition) is 1. The van der Waals surface area contributed by atoms with E-state index in [2.05, 4.69) is 9.62 Å². The number of benzene rings is 2. The highest BCUT2D eigenvalue weighted by atomic mass is 35.5. The molecule has 2 aliphatic heterocycles. The van der Waals surface area contributed by atoms with Gasteiger partial charge in [-0.1, -0.05) is 40.9 Å². The van der Waals surface area contributed by atoms with Crippen LogP contribution < -0.4 is 9.46 Å². The van der Waals surface area contributed by atoms with E-state index >= 15 is 0 Å². The second kappa shape index (κ2) is 11.0. The van der Waals surface area contributed by atoms with Gasteiger partial charge >= 0.3 is 10.2 Å². The van der Waals surface area contributed by atoms with Crippen molar-refractivity contribution in [3.05, 3.63) is 63.1 Å². The molecule has 2 heterocycles. The first-order chi connectivity index (χ1) is 16.6. The molecule has 0 spiro atoms. The fourth-order valence-corrected chi connectivity index (χ4v) is 6.23. The van der Waals surface area contributed by atoms with Crippen LogP contribution in [0.2, 0.25) is 10.0 Å². The average Bonchev–Trinajstić information content (AvgIpc) is 2.85. The number of amides is 1. The summed E-state index contributed by atoms with van der Waals surface area (Å²) >= 11 is 12.3. The SMILES string of the molecule is Cc1ccc(C(=O)NS(=O)(=O)N2CCC(N3CCC(Oc4ccc(Cl)c(Cl)c4C)CC3)CC2)cc1. The van der Waals surface area contributed by atoms with Crippen molar-refractivity contribution >= 4 is 39.3 Å². The molecule has 190 valence electrons. The lowest BCUT2D eigenvalue weighted by Gasteiger charge is -2.41. The fourth-order valence-electron chi connectivity index (χ4n) is 4.69. The Hall–Kier alpha value is -1.84. The maximum absolute atomic E-state index is 12.8. The van der Waals surface area contributed by atoms with E-state index in [-0.39, 0.29) is 6.10 Å². The number of likely N-dealkylation sites (tertiary alicyclic amines) is 1. The molecular formula is C25H31Cl2N3O4S. The first-order valence-corrected chi connectivity index (χ1v) is 14.1.